The number of anilines is 1. The smallest absolute Gasteiger partial charge is 0.146 e. The van der Waals surface area contributed by atoms with Crippen molar-refractivity contribution in [2.75, 3.05) is 52.5 Å². The first-order valence-corrected chi connectivity index (χ1v) is 14.4. The maximum absolute atomic E-state index is 12.0. The van der Waals surface area contributed by atoms with Gasteiger partial charge < -0.3 is 19.5 Å². The van der Waals surface area contributed by atoms with Crippen LogP contribution in [-0.2, 0) is 22.7 Å². The lowest BCUT2D eigenvalue weighted by atomic mass is 10.0. The predicted octanol–water partition coefficient (Wildman–Crippen LogP) is 4.26. The van der Waals surface area contributed by atoms with Crippen LogP contribution in [0.4, 0.5) is 5.69 Å². The van der Waals surface area contributed by atoms with Crippen LogP contribution in [0.2, 0.25) is 0 Å². The van der Waals surface area contributed by atoms with Crippen molar-refractivity contribution in [3.8, 4) is 17.6 Å². The summed E-state index contributed by atoms with van der Waals surface area (Å²) in [5.41, 5.74) is 4.98. The lowest BCUT2D eigenvalue weighted by Gasteiger charge is -2.25. The molecule has 2 aromatic rings. The molecule has 41 heavy (non-hydrogen) atoms. The number of hydrazine groups is 1. The van der Waals surface area contributed by atoms with E-state index in [0.717, 1.165) is 68.0 Å². The van der Waals surface area contributed by atoms with Crippen LogP contribution in [0, 0.1) is 11.3 Å². The van der Waals surface area contributed by atoms with Gasteiger partial charge in [0.2, 0.25) is 0 Å². The zero-order valence-corrected chi connectivity index (χ0v) is 25.0. The van der Waals surface area contributed by atoms with Crippen molar-refractivity contribution in [2.24, 2.45) is 0 Å². The summed E-state index contributed by atoms with van der Waals surface area (Å²) in [5, 5.41) is 17.1. The highest BCUT2D eigenvalue weighted by Gasteiger charge is 2.28. The van der Waals surface area contributed by atoms with Gasteiger partial charge in [-0.1, -0.05) is 19.4 Å². The molecule has 2 aliphatic heterocycles. The first-order chi connectivity index (χ1) is 19.8. The molecule has 0 spiro atoms. The van der Waals surface area contributed by atoms with Gasteiger partial charge in [0.1, 0.15) is 23.4 Å². The standard InChI is InChI=1S/C32H43N5O4/c1-6-7-32(23(2)38)34-17-27-14-29(9-8-26(27)22-39-4)41-30-10-11-36(21-30)19-25-18-35(3)37(20-25)28-12-24(16-33)13-31(15-28)40-5/h8-9,12-15,20,30,32,34H,6-7,10-11,17-19,21-22H2,1-5H3/t30-,32?/m0/s1. The molecule has 2 aromatic carbocycles. The van der Waals surface area contributed by atoms with E-state index in [0.29, 0.717) is 24.5 Å². The molecule has 2 atom stereocenters. The van der Waals surface area contributed by atoms with Crippen LogP contribution in [-0.4, -0.2) is 75.3 Å². The van der Waals surface area contributed by atoms with Gasteiger partial charge in [-0.25, -0.2) is 5.01 Å². The molecule has 2 aliphatic rings. The minimum Gasteiger partial charge on any atom is -0.497 e. The van der Waals surface area contributed by atoms with E-state index >= 15 is 0 Å². The number of likely N-dealkylation sites (tertiary alicyclic amines) is 1. The van der Waals surface area contributed by atoms with Gasteiger partial charge in [0, 0.05) is 59.1 Å². The molecule has 0 aliphatic carbocycles. The molecule has 1 unspecified atom stereocenters. The zero-order valence-electron chi connectivity index (χ0n) is 25.0. The summed E-state index contributed by atoms with van der Waals surface area (Å²) < 4.78 is 17.3. The molecule has 0 aromatic heterocycles. The van der Waals surface area contributed by atoms with Gasteiger partial charge in [-0.15, -0.1) is 0 Å². The van der Waals surface area contributed by atoms with Crippen molar-refractivity contribution in [3.05, 3.63) is 64.9 Å². The zero-order chi connectivity index (χ0) is 29.4. The number of rotatable bonds is 14. The molecule has 4 rings (SSSR count). The van der Waals surface area contributed by atoms with E-state index in [-0.39, 0.29) is 17.9 Å². The number of benzene rings is 2. The second-order valence-corrected chi connectivity index (χ2v) is 10.9. The van der Waals surface area contributed by atoms with E-state index in [1.807, 2.05) is 25.2 Å². The van der Waals surface area contributed by atoms with Crippen LogP contribution in [0.3, 0.4) is 0 Å². The Morgan fingerprint density at radius 3 is 2.71 bits per heavy atom. The Morgan fingerprint density at radius 1 is 1.17 bits per heavy atom. The third-order valence-corrected chi connectivity index (χ3v) is 7.67. The third kappa shape index (κ3) is 8.08. The van der Waals surface area contributed by atoms with E-state index < -0.39 is 0 Å². The monoisotopic (exact) mass is 561 g/mol. The lowest BCUT2D eigenvalue weighted by Crippen LogP contribution is -2.35. The molecule has 2 heterocycles. The first-order valence-electron chi connectivity index (χ1n) is 14.4. The highest BCUT2D eigenvalue weighted by atomic mass is 16.5. The molecule has 0 bridgehead atoms. The van der Waals surface area contributed by atoms with Gasteiger partial charge >= 0.3 is 0 Å². The van der Waals surface area contributed by atoms with Crippen molar-refractivity contribution in [1.29, 1.82) is 5.26 Å². The Kier molecular flexibility index (Phi) is 10.8. The van der Waals surface area contributed by atoms with Crippen LogP contribution in [0.5, 0.6) is 11.5 Å². The summed E-state index contributed by atoms with van der Waals surface area (Å²) in [6, 6.07) is 13.8. The maximum Gasteiger partial charge on any atom is 0.146 e. The molecule has 1 N–H and O–H groups in total. The summed E-state index contributed by atoms with van der Waals surface area (Å²) in [6.45, 7) is 8.36. The number of Topliss-reactive ketones (excluding diaryl/α,β-unsaturated/α-hetero) is 1. The van der Waals surface area contributed by atoms with Crippen LogP contribution in [0.1, 0.15) is 49.8 Å². The predicted molar refractivity (Wildman–Crippen MR) is 160 cm³/mol. The fourth-order valence-corrected chi connectivity index (χ4v) is 5.57. The molecule has 1 saturated heterocycles. The van der Waals surface area contributed by atoms with Crippen LogP contribution in [0.15, 0.2) is 48.2 Å². The van der Waals surface area contributed by atoms with Gasteiger partial charge in [-0.2, -0.15) is 5.26 Å². The first kappa shape index (κ1) is 30.5. The van der Waals surface area contributed by atoms with Crippen LogP contribution < -0.4 is 19.8 Å². The second kappa shape index (κ2) is 14.5. The van der Waals surface area contributed by atoms with Crippen LogP contribution >= 0.6 is 0 Å². The van der Waals surface area contributed by atoms with E-state index in [1.54, 1.807) is 27.2 Å². The number of nitriles is 1. The Hall–Kier alpha value is -3.42. The van der Waals surface area contributed by atoms with Crippen LogP contribution in [0.25, 0.3) is 0 Å². The Balaban J connectivity index is 1.37. The largest absolute Gasteiger partial charge is 0.497 e. The minimum absolute atomic E-state index is 0.113. The summed E-state index contributed by atoms with van der Waals surface area (Å²) >= 11 is 0. The fourth-order valence-electron chi connectivity index (χ4n) is 5.57. The molecule has 0 amide bonds. The SMILES string of the molecule is CCCC(NCc1cc(O[C@H]2CCN(CC3=CN(c4cc(C#N)cc(OC)c4)N(C)C3)C2)ccc1COC)C(C)=O. The Bertz CT molecular complexity index is 1270. The number of ketones is 1. The highest BCUT2D eigenvalue weighted by Crippen LogP contribution is 2.29. The van der Waals surface area contributed by atoms with E-state index in [9.17, 15) is 10.1 Å². The molecular formula is C32H43N5O4. The van der Waals surface area contributed by atoms with Gasteiger partial charge in [-0.05, 0) is 60.7 Å². The van der Waals surface area contributed by atoms with Gasteiger partial charge in [0.25, 0.3) is 0 Å². The van der Waals surface area contributed by atoms with Gasteiger partial charge in [0.15, 0.2) is 0 Å². The van der Waals surface area contributed by atoms with Gasteiger partial charge in [-0.3, -0.25) is 14.7 Å². The highest BCUT2D eigenvalue weighted by molar-refractivity contribution is 5.81. The molecule has 0 saturated carbocycles. The van der Waals surface area contributed by atoms with Crippen molar-refractivity contribution in [2.45, 2.75) is 58.4 Å². The second-order valence-electron chi connectivity index (χ2n) is 10.9. The summed E-state index contributed by atoms with van der Waals surface area (Å²) in [7, 11) is 5.36. The number of likely N-dealkylation sites (N-methyl/N-ethyl adjacent to an activating group) is 1. The molecule has 220 valence electrons. The minimum atomic E-state index is -0.138. The molecular weight excluding hydrogens is 518 g/mol. The number of hydrogen-bond donors (Lipinski definition) is 1. The number of nitrogens with zero attached hydrogens (tertiary/aromatic N) is 4. The number of carbonyl (C=O) groups is 1. The van der Waals surface area contributed by atoms with Gasteiger partial charge in [0.05, 0.1) is 37.1 Å². The van der Waals surface area contributed by atoms with Crippen molar-refractivity contribution in [1.82, 2.24) is 15.2 Å². The topological polar surface area (TPSA) is 90.3 Å². The van der Waals surface area contributed by atoms with Crippen molar-refractivity contribution in [3.63, 3.8) is 0 Å². The van der Waals surface area contributed by atoms with Crippen molar-refractivity contribution >= 4 is 11.5 Å². The molecule has 9 heteroatoms. The molecule has 1 fully saturated rings. The number of methoxy groups -OCH3 is 2. The molecule has 9 nitrogen and oxygen atoms in total. The average molecular weight is 562 g/mol. The van der Waals surface area contributed by atoms with Crippen molar-refractivity contribution < 1.29 is 19.0 Å². The van der Waals surface area contributed by atoms with E-state index in [4.69, 9.17) is 14.2 Å². The average Bonchev–Trinajstić information content (AvgIpc) is 3.56. The number of hydrogen-bond acceptors (Lipinski definition) is 9. The normalized spacial score (nSPS) is 18.3. The number of carbonyl (C=O) groups excluding carboxylic acids is 1. The van der Waals surface area contributed by atoms with E-state index in [1.165, 1.54) is 5.57 Å². The Labute approximate surface area is 244 Å². The summed E-state index contributed by atoms with van der Waals surface area (Å²) in [5.74, 6) is 1.68. The fraction of sp³-hybridized carbons (Fsp3) is 0.500. The quantitative estimate of drug-likeness (QED) is 0.363. The maximum atomic E-state index is 12.0. The third-order valence-electron chi connectivity index (χ3n) is 7.67. The summed E-state index contributed by atoms with van der Waals surface area (Å²) in [4.78, 5) is 14.5. The number of nitrogens with one attached hydrogen (secondary N) is 1. The number of ether oxygens (including phenoxy) is 3. The molecule has 0 radical (unpaired) electrons. The Morgan fingerprint density at radius 2 is 2.00 bits per heavy atom. The summed E-state index contributed by atoms with van der Waals surface area (Å²) in [6.07, 6.45) is 5.02. The lowest BCUT2D eigenvalue weighted by molar-refractivity contribution is -0.119. The van der Waals surface area contributed by atoms with E-state index in [2.05, 4.69) is 51.6 Å².